The minimum Gasteiger partial charge on any atom is -0.312 e. The van der Waals surface area contributed by atoms with Gasteiger partial charge in [0.25, 0.3) is 0 Å². The minimum atomic E-state index is 0.360. The Morgan fingerprint density at radius 1 is 1.18 bits per heavy atom. The number of aryl methyl sites for hydroxylation is 2. The van der Waals surface area contributed by atoms with E-state index in [0.29, 0.717) is 11.3 Å². The van der Waals surface area contributed by atoms with Gasteiger partial charge in [-0.2, -0.15) is 0 Å². The summed E-state index contributed by atoms with van der Waals surface area (Å²) in [4.78, 5) is 0. The summed E-state index contributed by atoms with van der Waals surface area (Å²) in [6.07, 6.45) is 0. The third-order valence-electron chi connectivity index (χ3n) is 3.96. The molecular weight excluding hydrogens is 206 g/mol. The third kappa shape index (κ3) is 4.16. The van der Waals surface area contributed by atoms with Crippen LogP contribution in [-0.2, 0) is 6.54 Å². The van der Waals surface area contributed by atoms with E-state index < -0.39 is 0 Å². The highest BCUT2D eigenvalue weighted by atomic mass is 14.9. The van der Waals surface area contributed by atoms with Crippen LogP contribution in [0.3, 0.4) is 0 Å². The summed E-state index contributed by atoms with van der Waals surface area (Å²) in [5.41, 5.74) is 4.50. The van der Waals surface area contributed by atoms with Gasteiger partial charge in [0.1, 0.15) is 0 Å². The first-order chi connectivity index (χ1) is 7.83. The molecule has 0 saturated carbocycles. The standard InChI is InChI=1S/C16H27N/c1-12(2)16(5,6)11-17-10-15-8-7-13(3)9-14(15)4/h7-9,12,17H,10-11H2,1-6H3. The summed E-state index contributed by atoms with van der Waals surface area (Å²) < 4.78 is 0. The van der Waals surface area contributed by atoms with Gasteiger partial charge in [-0.3, -0.25) is 0 Å². The van der Waals surface area contributed by atoms with E-state index in [1.165, 1.54) is 16.7 Å². The van der Waals surface area contributed by atoms with Crippen LogP contribution in [0, 0.1) is 25.2 Å². The van der Waals surface area contributed by atoms with E-state index >= 15 is 0 Å². The van der Waals surface area contributed by atoms with Crippen LogP contribution in [0.2, 0.25) is 0 Å². The summed E-state index contributed by atoms with van der Waals surface area (Å²) in [7, 11) is 0. The highest BCUT2D eigenvalue weighted by Crippen LogP contribution is 2.24. The van der Waals surface area contributed by atoms with E-state index in [4.69, 9.17) is 0 Å². The quantitative estimate of drug-likeness (QED) is 0.808. The van der Waals surface area contributed by atoms with E-state index in [1.54, 1.807) is 0 Å². The lowest BCUT2D eigenvalue weighted by Gasteiger charge is -2.29. The smallest absolute Gasteiger partial charge is 0.0208 e. The Labute approximate surface area is 107 Å². The average molecular weight is 233 g/mol. The number of nitrogens with one attached hydrogen (secondary N) is 1. The largest absolute Gasteiger partial charge is 0.312 e. The fraction of sp³-hybridized carbons (Fsp3) is 0.625. The fourth-order valence-electron chi connectivity index (χ4n) is 1.77. The fourth-order valence-corrected chi connectivity index (χ4v) is 1.77. The van der Waals surface area contributed by atoms with Gasteiger partial charge in [-0.15, -0.1) is 0 Å². The predicted molar refractivity (Wildman–Crippen MR) is 76.2 cm³/mol. The van der Waals surface area contributed by atoms with Crippen LogP contribution in [0.5, 0.6) is 0 Å². The third-order valence-corrected chi connectivity index (χ3v) is 3.96. The van der Waals surface area contributed by atoms with Crippen LogP contribution in [0.15, 0.2) is 18.2 Å². The van der Waals surface area contributed by atoms with Crippen LogP contribution < -0.4 is 5.32 Å². The van der Waals surface area contributed by atoms with Crippen molar-refractivity contribution in [1.29, 1.82) is 0 Å². The van der Waals surface area contributed by atoms with Crippen molar-refractivity contribution in [2.24, 2.45) is 11.3 Å². The van der Waals surface area contributed by atoms with Gasteiger partial charge >= 0.3 is 0 Å². The zero-order valence-electron chi connectivity index (χ0n) is 12.2. The molecule has 0 amide bonds. The molecule has 1 nitrogen and oxygen atoms in total. The lowest BCUT2D eigenvalue weighted by molar-refractivity contribution is 0.238. The SMILES string of the molecule is Cc1ccc(CNCC(C)(C)C(C)C)c(C)c1. The molecule has 0 fully saturated rings. The van der Waals surface area contributed by atoms with E-state index in [-0.39, 0.29) is 0 Å². The van der Waals surface area contributed by atoms with Crippen molar-refractivity contribution in [2.45, 2.75) is 48.1 Å². The molecular formula is C16H27N. The number of hydrogen-bond acceptors (Lipinski definition) is 1. The van der Waals surface area contributed by atoms with Gasteiger partial charge in [0.2, 0.25) is 0 Å². The zero-order valence-corrected chi connectivity index (χ0v) is 12.2. The lowest BCUT2D eigenvalue weighted by Crippen LogP contribution is -2.33. The first-order valence-electron chi connectivity index (χ1n) is 6.60. The molecule has 0 aromatic heterocycles. The lowest BCUT2D eigenvalue weighted by atomic mass is 9.81. The average Bonchev–Trinajstić information content (AvgIpc) is 2.21. The molecule has 1 heteroatoms. The molecule has 0 atom stereocenters. The van der Waals surface area contributed by atoms with Crippen molar-refractivity contribution in [3.8, 4) is 0 Å². The van der Waals surface area contributed by atoms with Crippen LogP contribution in [0.1, 0.15) is 44.4 Å². The van der Waals surface area contributed by atoms with E-state index in [9.17, 15) is 0 Å². The number of hydrogen-bond donors (Lipinski definition) is 1. The van der Waals surface area contributed by atoms with Gasteiger partial charge in [0, 0.05) is 13.1 Å². The van der Waals surface area contributed by atoms with Crippen LogP contribution in [0.25, 0.3) is 0 Å². The monoisotopic (exact) mass is 233 g/mol. The summed E-state index contributed by atoms with van der Waals surface area (Å²) in [5, 5.41) is 3.58. The molecule has 1 aromatic rings. The summed E-state index contributed by atoms with van der Waals surface area (Å²) in [5.74, 6) is 0.703. The maximum atomic E-state index is 3.58. The maximum absolute atomic E-state index is 3.58. The minimum absolute atomic E-state index is 0.360. The molecule has 0 aliphatic rings. The van der Waals surface area contributed by atoms with Crippen LogP contribution in [-0.4, -0.2) is 6.54 Å². The van der Waals surface area contributed by atoms with Crippen molar-refractivity contribution in [3.63, 3.8) is 0 Å². The molecule has 1 rings (SSSR count). The van der Waals surface area contributed by atoms with E-state index in [0.717, 1.165) is 13.1 Å². The van der Waals surface area contributed by atoms with Gasteiger partial charge in [-0.05, 0) is 36.3 Å². The Hall–Kier alpha value is -0.820. The van der Waals surface area contributed by atoms with Crippen molar-refractivity contribution in [3.05, 3.63) is 34.9 Å². The number of rotatable bonds is 5. The van der Waals surface area contributed by atoms with E-state index in [2.05, 4.69) is 65.1 Å². The van der Waals surface area contributed by atoms with Gasteiger partial charge in [-0.25, -0.2) is 0 Å². The maximum Gasteiger partial charge on any atom is 0.0208 e. The Morgan fingerprint density at radius 3 is 2.35 bits per heavy atom. The van der Waals surface area contributed by atoms with Crippen molar-refractivity contribution in [1.82, 2.24) is 5.32 Å². The molecule has 17 heavy (non-hydrogen) atoms. The molecule has 1 aromatic carbocycles. The molecule has 0 bridgehead atoms. The molecule has 96 valence electrons. The predicted octanol–water partition coefficient (Wildman–Crippen LogP) is 4.08. The van der Waals surface area contributed by atoms with Crippen molar-refractivity contribution in [2.75, 3.05) is 6.54 Å². The highest BCUT2D eigenvalue weighted by Gasteiger charge is 2.21. The summed E-state index contributed by atoms with van der Waals surface area (Å²) in [6, 6.07) is 6.68. The second-order valence-corrected chi connectivity index (χ2v) is 6.18. The van der Waals surface area contributed by atoms with Crippen molar-refractivity contribution >= 4 is 0 Å². The molecule has 0 heterocycles. The van der Waals surface area contributed by atoms with Gasteiger partial charge in [0.05, 0.1) is 0 Å². The van der Waals surface area contributed by atoms with Gasteiger partial charge < -0.3 is 5.32 Å². The molecule has 0 saturated heterocycles. The molecule has 0 aliphatic heterocycles. The zero-order chi connectivity index (χ0) is 13.1. The Bertz CT molecular complexity index is 364. The number of benzene rings is 1. The van der Waals surface area contributed by atoms with Crippen molar-refractivity contribution < 1.29 is 0 Å². The normalized spacial score (nSPS) is 12.2. The van der Waals surface area contributed by atoms with Gasteiger partial charge in [0.15, 0.2) is 0 Å². The highest BCUT2D eigenvalue weighted by molar-refractivity contribution is 5.30. The van der Waals surface area contributed by atoms with Gasteiger partial charge in [-0.1, -0.05) is 51.5 Å². The molecule has 0 aliphatic carbocycles. The molecule has 1 N–H and O–H groups in total. The Morgan fingerprint density at radius 2 is 1.82 bits per heavy atom. The summed E-state index contributed by atoms with van der Waals surface area (Å²) in [6.45, 7) is 15.6. The van der Waals surface area contributed by atoms with Crippen LogP contribution >= 0.6 is 0 Å². The molecule has 0 radical (unpaired) electrons. The van der Waals surface area contributed by atoms with E-state index in [1.807, 2.05) is 0 Å². The van der Waals surface area contributed by atoms with Crippen LogP contribution in [0.4, 0.5) is 0 Å². The molecule has 0 spiro atoms. The summed E-state index contributed by atoms with van der Waals surface area (Å²) >= 11 is 0. The molecule has 0 unspecified atom stereocenters. The Kier molecular flexibility index (Phi) is 4.76. The second-order valence-electron chi connectivity index (χ2n) is 6.18. The second kappa shape index (κ2) is 5.68. The first-order valence-corrected chi connectivity index (χ1v) is 6.60. The first kappa shape index (κ1) is 14.2. The topological polar surface area (TPSA) is 12.0 Å². The Balaban J connectivity index is 2.51.